The molecule has 165 valence electrons. The summed E-state index contributed by atoms with van der Waals surface area (Å²) in [6.07, 6.45) is 3.77. The maximum atomic E-state index is 13.7. The predicted octanol–water partition coefficient (Wildman–Crippen LogP) is 4.10. The van der Waals surface area contributed by atoms with Gasteiger partial charge < -0.3 is 11.1 Å². The highest BCUT2D eigenvalue weighted by molar-refractivity contribution is 7.91. The zero-order valence-corrected chi connectivity index (χ0v) is 18.4. The molecule has 0 saturated heterocycles. The van der Waals surface area contributed by atoms with Crippen LogP contribution in [0.5, 0.6) is 0 Å². The van der Waals surface area contributed by atoms with Crippen LogP contribution in [0.2, 0.25) is 0 Å². The van der Waals surface area contributed by atoms with Crippen LogP contribution in [-0.4, -0.2) is 26.8 Å². The Morgan fingerprint density at radius 3 is 2.37 bits per heavy atom. The number of aryl methyl sites for hydroxylation is 1. The van der Waals surface area contributed by atoms with Crippen molar-refractivity contribution in [1.29, 1.82) is 0 Å². The van der Waals surface area contributed by atoms with Crippen LogP contribution >= 0.6 is 0 Å². The lowest BCUT2D eigenvalue weighted by atomic mass is 10.0. The Bertz CT molecular complexity index is 899. The minimum Gasteiger partial charge on any atom is -0.326 e. The average molecular weight is 438 g/mol. The van der Waals surface area contributed by atoms with Crippen molar-refractivity contribution in [2.45, 2.75) is 50.9 Å². The fourth-order valence-corrected chi connectivity index (χ4v) is 5.49. The zero-order valence-electron chi connectivity index (χ0n) is 17.6. The van der Waals surface area contributed by atoms with Gasteiger partial charge in [0.15, 0.2) is 9.84 Å². The van der Waals surface area contributed by atoms with Crippen molar-refractivity contribution >= 4 is 9.84 Å². The van der Waals surface area contributed by atoms with E-state index in [4.69, 9.17) is 5.73 Å². The molecule has 2 rings (SSSR count). The summed E-state index contributed by atoms with van der Waals surface area (Å²) in [5, 5.41) is 2.03. The van der Waals surface area contributed by atoms with Gasteiger partial charge >= 0.3 is 0 Å². The number of rotatable bonds is 12. The van der Waals surface area contributed by atoms with Crippen molar-refractivity contribution in [3.05, 3.63) is 77.2 Å². The molecule has 0 spiro atoms. The molecule has 2 atom stereocenters. The fraction of sp³-hybridized carbons (Fsp3) is 0.435. The standard InChI is InChI=1S/C23H31F2N2O2S/c1-3-5-11-30(28,29)23(19-13-20(24)15-21(25)14-19)22(26)9-10-27-16-18-8-6-7-17(4-2)12-18/h6-9,12-15,22-23,27H,3-5,10-11,16,26H2,1-2H3/t22-,23?/m0/s1. The van der Waals surface area contributed by atoms with E-state index in [0.29, 0.717) is 25.9 Å². The molecule has 0 aliphatic heterocycles. The van der Waals surface area contributed by atoms with Crippen LogP contribution in [0.15, 0.2) is 42.5 Å². The minimum absolute atomic E-state index is 0.0444. The lowest BCUT2D eigenvalue weighted by Gasteiger charge is -2.25. The van der Waals surface area contributed by atoms with Gasteiger partial charge in [-0.05, 0) is 48.1 Å². The van der Waals surface area contributed by atoms with Crippen LogP contribution in [0, 0.1) is 18.1 Å². The quantitative estimate of drug-likeness (QED) is 0.490. The number of sulfone groups is 1. The third kappa shape index (κ3) is 7.15. The van der Waals surface area contributed by atoms with E-state index in [2.05, 4.69) is 24.4 Å². The summed E-state index contributed by atoms with van der Waals surface area (Å²) >= 11 is 0. The van der Waals surface area contributed by atoms with Gasteiger partial charge in [0.25, 0.3) is 0 Å². The van der Waals surface area contributed by atoms with Crippen molar-refractivity contribution < 1.29 is 17.2 Å². The van der Waals surface area contributed by atoms with Gasteiger partial charge in [-0.2, -0.15) is 0 Å². The van der Waals surface area contributed by atoms with Crippen molar-refractivity contribution in [2.24, 2.45) is 5.73 Å². The average Bonchev–Trinajstić information content (AvgIpc) is 2.69. The summed E-state index contributed by atoms with van der Waals surface area (Å²) < 4.78 is 53.3. The summed E-state index contributed by atoms with van der Waals surface area (Å²) in [5.41, 5.74) is 8.62. The van der Waals surface area contributed by atoms with Crippen LogP contribution in [0.1, 0.15) is 48.6 Å². The van der Waals surface area contributed by atoms with Gasteiger partial charge in [-0.15, -0.1) is 0 Å². The van der Waals surface area contributed by atoms with E-state index in [-0.39, 0.29) is 11.3 Å². The van der Waals surface area contributed by atoms with Crippen molar-refractivity contribution in [3.63, 3.8) is 0 Å². The van der Waals surface area contributed by atoms with E-state index in [1.165, 1.54) is 5.56 Å². The lowest BCUT2D eigenvalue weighted by Crippen LogP contribution is -2.38. The number of benzene rings is 2. The van der Waals surface area contributed by atoms with Crippen molar-refractivity contribution in [2.75, 3.05) is 12.3 Å². The maximum Gasteiger partial charge on any atom is 0.158 e. The molecular formula is C23H31F2N2O2S. The molecule has 0 fully saturated rings. The summed E-state index contributed by atoms with van der Waals surface area (Å²) in [6, 6.07) is 10.1. The molecule has 3 N–H and O–H groups in total. The second-order valence-corrected chi connectivity index (χ2v) is 9.70. The topological polar surface area (TPSA) is 72.2 Å². The van der Waals surface area contributed by atoms with Crippen LogP contribution < -0.4 is 11.1 Å². The lowest BCUT2D eigenvalue weighted by molar-refractivity contribution is 0.551. The predicted molar refractivity (Wildman–Crippen MR) is 118 cm³/mol. The first-order valence-electron chi connectivity index (χ1n) is 10.3. The summed E-state index contributed by atoms with van der Waals surface area (Å²) in [5.74, 6) is -1.71. The number of hydrogen-bond donors (Lipinski definition) is 2. The zero-order chi connectivity index (χ0) is 22.1. The molecule has 1 unspecified atom stereocenters. The molecule has 4 nitrogen and oxygen atoms in total. The van der Waals surface area contributed by atoms with Crippen LogP contribution in [-0.2, 0) is 22.8 Å². The highest BCUT2D eigenvalue weighted by Gasteiger charge is 2.33. The molecule has 2 aromatic carbocycles. The molecule has 0 amide bonds. The third-order valence-electron chi connectivity index (χ3n) is 5.00. The van der Waals surface area contributed by atoms with Gasteiger partial charge in [-0.25, -0.2) is 17.2 Å². The van der Waals surface area contributed by atoms with Gasteiger partial charge in [-0.3, -0.25) is 0 Å². The van der Waals surface area contributed by atoms with Crippen molar-refractivity contribution in [3.8, 4) is 0 Å². The second kappa shape index (κ2) is 11.5. The summed E-state index contributed by atoms with van der Waals surface area (Å²) in [7, 11) is -3.69. The minimum atomic E-state index is -3.69. The number of halogens is 2. The molecule has 2 aromatic rings. The highest BCUT2D eigenvalue weighted by Crippen LogP contribution is 2.29. The number of nitrogens with two attached hydrogens (primary N) is 1. The molecule has 30 heavy (non-hydrogen) atoms. The largest absolute Gasteiger partial charge is 0.326 e. The third-order valence-corrected chi connectivity index (χ3v) is 7.21. The molecule has 0 aliphatic rings. The molecular weight excluding hydrogens is 406 g/mol. The fourth-order valence-electron chi connectivity index (χ4n) is 3.40. The van der Waals surface area contributed by atoms with E-state index in [0.717, 1.165) is 30.2 Å². The van der Waals surface area contributed by atoms with Gasteiger partial charge in [-0.1, -0.05) is 44.5 Å². The second-order valence-electron chi connectivity index (χ2n) is 7.46. The van der Waals surface area contributed by atoms with Gasteiger partial charge in [0, 0.05) is 25.2 Å². The first kappa shape index (κ1) is 24.4. The molecule has 0 bridgehead atoms. The van der Waals surface area contributed by atoms with E-state index in [9.17, 15) is 17.2 Å². The van der Waals surface area contributed by atoms with Gasteiger partial charge in [0.1, 0.15) is 16.9 Å². The van der Waals surface area contributed by atoms with Crippen LogP contribution in [0.4, 0.5) is 8.78 Å². The Balaban J connectivity index is 2.09. The Morgan fingerprint density at radius 1 is 1.07 bits per heavy atom. The smallest absolute Gasteiger partial charge is 0.158 e. The van der Waals surface area contributed by atoms with E-state index in [1.54, 1.807) is 6.42 Å². The maximum absolute atomic E-state index is 13.7. The molecule has 1 radical (unpaired) electrons. The number of hydrogen-bond acceptors (Lipinski definition) is 4. The Labute approximate surface area is 178 Å². The van der Waals surface area contributed by atoms with Gasteiger partial charge in [0.2, 0.25) is 0 Å². The highest BCUT2D eigenvalue weighted by atomic mass is 32.2. The molecule has 0 saturated carbocycles. The van der Waals surface area contributed by atoms with E-state index in [1.807, 2.05) is 19.1 Å². The number of nitrogens with one attached hydrogen (secondary N) is 1. The number of unbranched alkanes of at least 4 members (excludes halogenated alkanes) is 1. The molecule has 0 aromatic heterocycles. The monoisotopic (exact) mass is 437 g/mol. The van der Waals surface area contributed by atoms with Crippen molar-refractivity contribution in [1.82, 2.24) is 5.32 Å². The summed E-state index contributed by atoms with van der Waals surface area (Å²) in [6.45, 7) is 4.96. The van der Waals surface area contributed by atoms with Gasteiger partial charge in [0.05, 0.1) is 5.75 Å². The molecule has 7 heteroatoms. The Hall–Kier alpha value is -1.83. The first-order valence-corrected chi connectivity index (χ1v) is 12.0. The first-order chi connectivity index (χ1) is 14.3. The van der Waals surface area contributed by atoms with E-state index < -0.39 is 32.8 Å². The molecule has 0 heterocycles. The van der Waals surface area contributed by atoms with Crippen LogP contribution in [0.25, 0.3) is 0 Å². The summed E-state index contributed by atoms with van der Waals surface area (Å²) in [4.78, 5) is 0. The Kier molecular flexibility index (Phi) is 9.39. The van der Waals surface area contributed by atoms with Crippen LogP contribution in [0.3, 0.4) is 0 Å². The Morgan fingerprint density at radius 2 is 1.73 bits per heavy atom. The normalized spacial score (nSPS) is 13.9. The molecule has 0 aliphatic carbocycles. The van der Waals surface area contributed by atoms with E-state index >= 15 is 0 Å². The SMILES string of the molecule is CCCCS(=O)(=O)C(c1cc(F)cc(F)c1)[C@@H](N)[CH]CNCc1cccc(CC)c1.